The van der Waals surface area contributed by atoms with Gasteiger partial charge in [-0.15, -0.1) is 0 Å². The molecule has 0 nitrogen and oxygen atoms in total. The van der Waals surface area contributed by atoms with Gasteiger partial charge in [0.15, 0.2) is 0 Å². The van der Waals surface area contributed by atoms with Crippen molar-refractivity contribution in [3.05, 3.63) is 60.7 Å². The molecule has 1 aliphatic heterocycles. The van der Waals surface area contributed by atoms with Crippen LogP contribution < -0.4 is 10.4 Å². The van der Waals surface area contributed by atoms with Crippen molar-refractivity contribution in [1.82, 2.24) is 0 Å². The van der Waals surface area contributed by atoms with Gasteiger partial charge < -0.3 is 0 Å². The van der Waals surface area contributed by atoms with E-state index in [0.717, 1.165) is 46.6 Å². The molecule has 0 N–H and O–H groups in total. The third-order valence-electron chi connectivity index (χ3n) is 9.96. The molecule has 8 atom stereocenters. The fourth-order valence-electron chi connectivity index (χ4n) is 9.72. The number of hydrogen-bond donors (Lipinski definition) is 0. The monoisotopic (exact) mass is 370 g/mol. The highest BCUT2D eigenvalue weighted by atomic mass is 28.3. The van der Waals surface area contributed by atoms with E-state index in [1.165, 1.54) is 12.8 Å². The van der Waals surface area contributed by atoms with E-state index in [-0.39, 0.29) is 0 Å². The molecule has 0 unspecified atom stereocenters. The number of fused-ring (bicyclic) bond motifs is 11. The summed E-state index contributed by atoms with van der Waals surface area (Å²) in [7, 11) is -1.75. The zero-order chi connectivity index (χ0) is 17.6. The first-order chi connectivity index (χ1) is 13.4. The number of benzene rings is 2. The maximum atomic E-state index is 2.55. The Morgan fingerprint density at radius 2 is 0.926 bits per heavy atom. The topological polar surface area (TPSA) is 0 Å². The molecule has 27 heavy (non-hydrogen) atoms. The molecule has 2 aromatic rings. The minimum atomic E-state index is -1.75. The first kappa shape index (κ1) is 15.6. The summed E-state index contributed by atoms with van der Waals surface area (Å²) in [5.74, 6) is 6.39. The zero-order valence-electron chi connectivity index (χ0n) is 16.1. The smallest absolute Gasteiger partial charge is 0.0626 e. The van der Waals surface area contributed by atoms with Crippen molar-refractivity contribution in [1.29, 1.82) is 0 Å². The summed E-state index contributed by atoms with van der Waals surface area (Å²) in [6, 6.07) is 24.1. The lowest BCUT2D eigenvalue weighted by molar-refractivity contribution is 0.188. The summed E-state index contributed by atoms with van der Waals surface area (Å²) >= 11 is 0. The van der Waals surface area contributed by atoms with Gasteiger partial charge >= 0.3 is 0 Å². The second-order valence-corrected chi connectivity index (χ2v) is 14.7. The van der Waals surface area contributed by atoms with E-state index in [2.05, 4.69) is 60.7 Å². The molecular weight excluding hydrogens is 340 g/mol. The third-order valence-corrected chi connectivity index (χ3v) is 16.4. The minimum absolute atomic E-state index is 1.04. The average molecular weight is 371 g/mol. The Morgan fingerprint density at radius 3 is 1.37 bits per heavy atom. The molecule has 0 aromatic heterocycles. The van der Waals surface area contributed by atoms with Crippen LogP contribution in [0.3, 0.4) is 0 Å². The fraction of sp³-hybridized carbons (Fsp3) is 0.538. The summed E-state index contributed by atoms with van der Waals surface area (Å²) in [6.45, 7) is 0. The summed E-state index contributed by atoms with van der Waals surface area (Å²) in [5.41, 5.74) is 2.08. The van der Waals surface area contributed by atoms with Gasteiger partial charge in [-0.25, -0.2) is 0 Å². The zero-order valence-corrected chi connectivity index (χ0v) is 17.1. The van der Waals surface area contributed by atoms with Crippen LogP contribution in [0.4, 0.5) is 0 Å². The average Bonchev–Trinajstić information content (AvgIpc) is 3.52. The molecule has 4 saturated carbocycles. The van der Waals surface area contributed by atoms with E-state index in [4.69, 9.17) is 0 Å². The van der Waals surface area contributed by atoms with Crippen LogP contribution in [0.15, 0.2) is 60.7 Å². The lowest BCUT2D eigenvalue weighted by Crippen LogP contribution is -2.64. The molecular formula is C26H30Si. The van der Waals surface area contributed by atoms with Gasteiger partial charge in [0, 0.05) is 0 Å². The van der Waals surface area contributed by atoms with Gasteiger partial charge in [-0.1, -0.05) is 83.9 Å². The summed E-state index contributed by atoms with van der Waals surface area (Å²) in [4.78, 5) is 0. The highest BCUT2D eigenvalue weighted by molar-refractivity contribution is 7.05. The molecule has 0 radical (unpaired) electrons. The highest BCUT2D eigenvalue weighted by Crippen LogP contribution is 2.77. The van der Waals surface area contributed by atoms with Crippen molar-refractivity contribution >= 4 is 18.4 Å². The quantitative estimate of drug-likeness (QED) is 0.646. The Hall–Kier alpha value is -1.34. The maximum Gasteiger partial charge on any atom is 0.125 e. The van der Waals surface area contributed by atoms with Gasteiger partial charge in [0.05, 0.1) is 0 Å². The van der Waals surface area contributed by atoms with Crippen LogP contribution in [0.5, 0.6) is 0 Å². The Bertz CT molecular complexity index is 785. The molecule has 5 fully saturated rings. The van der Waals surface area contributed by atoms with Crippen LogP contribution in [0.1, 0.15) is 38.5 Å². The van der Waals surface area contributed by atoms with E-state index in [0.29, 0.717) is 0 Å². The molecule has 2 aromatic carbocycles. The van der Waals surface area contributed by atoms with Crippen LogP contribution in [0.2, 0.25) is 11.1 Å². The molecule has 5 aliphatic rings. The largest absolute Gasteiger partial charge is 0.125 e. The second-order valence-electron chi connectivity index (χ2n) is 10.5. The first-order valence-electron chi connectivity index (χ1n) is 11.5. The molecule has 138 valence electrons. The summed E-state index contributed by atoms with van der Waals surface area (Å²) in [6.07, 6.45) is 9.33. The van der Waals surface area contributed by atoms with E-state index in [1.807, 2.05) is 0 Å². The Balaban J connectivity index is 1.54. The van der Waals surface area contributed by atoms with Gasteiger partial charge in [-0.2, -0.15) is 0 Å². The van der Waals surface area contributed by atoms with E-state index in [1.54, 1.807) is 36.1 Å². The lowest BCUT2D eigenvalue weighted by atomic mass is 9.72. The minimum Gasteiger partial charge on any atom is -0.0626 e. The van der Waals surface area contributed by atoms with Crippen molar-refractivity contribution in [2.45, 2.75) is 49.6 Å². The predicted molar refractivity (Wildman–Crippen MR) is 114 cm³/mol. The van der Waals surface area contributed by atoms with Gasteiger partial charge in [-0.3, -0.25) is 0 Å². The molecule has 1 heterocycles. The number of rotatable bonds is 2. The van der Waals surface area contributed by atoms with Crippen LogP contribution in [0, 0.1) is 35.5 Å². The predicted octanol–water partition coefficient (Wildman–Crippen LogP) is 5.10. The van der Waals surface area contributed by atoms with Crippen molar-refractivity contribution in [2.75, 3.05) is 0 Å². The molecule has 0 spiro atoms. The molecule has 4 aliphatic carbocycles. The van der Waals surface area contributed by atoms with Crippen LogP contribution in [0.25, 0.3) is 0 Å². The molecule has 1 saturated heterocycles. The van der Waals surface area contributed by atoms with Gasteiger partial charge in [0.25, 0.3) is 0 Å². The van der Waals surface area contributed by atoms with E-state index < -0.39 is 8.07 Å². The van der Waals surface area contributed by atoms with Gasteiger partial charge in [0.1, 0.15) is 8.07 Å². The first-order valence-corrected chi connectivity index (χ1v) is 13.7. The van der Waals surface area contributed by atoms with Crippen LogP contribution in [-0.2, 0) is 0 Å². The summed E-state index contributed by atoms with van der Waals surface area (Å²) < 4.78 is 0. The van der Waals surface area contributed by atoms with E-state index in [9.17, 15) is 0 Å². The van der Waals surface area contributed by atoms with E-state index >= 15 is 0 Å². The van der Waals surface area contributed by atoms with Gasteiger partial charge in [0.2, 0.25) is 0 Å². The number of hydrogen-bond acceptors (Lipinski definition) is 0. The lowest BCUT2D eigenvalue weighted by Gasteiger charge is -2.44. The molecule has 7 rings (SSSR count). The third kappa shape index (κ3) is 1.77. The van der Waals surface area contributed by atoms with Gasteiger partial charge in [-0.05, 0) is 72.3 Å². The fourth-order valence-corrected chi connectivity index (χ4v) is 17.8. The maximum absolute atomic E-state index is 2.55. The summed E-state index contributed by atoms with van der Waals surface area (Å²) in [5, 5.41) is 3.58. The second kappa shape index (κ2) is 5.38. The SMILES string of the molecule is c1ccc([Si]2(c3ccccc3)[C@@H]3[C@H]4CC[C@H](C4)[C@@H]3[C@H]3[C@@H]4CC[C@@H](C4)[C@H]32)cc1. The van der Waals surface area contributed by atoms with Crippen LogP contribution in [-0.4, -0.2) is 8.07 Å². The molecule has 4 bridgehead atoms. The normalized spacial score (nSPS) is 45.2. The van der Waals surface area contributed by atoms with Crippen molar-refractivity contribution in [3.63, 3.8) is 0 Å². The molecule has 0 amide bonds. The van der Waals surface area contributed by atoms with Crippen molar-refractivity contribution < 1.29 is 0 Å². The Morgan fingerprint density at radius 1 is 0.519 bits per heavy atom. The standard InChI is InChI=1S/C26H30Si/c1-3-7-21(8-4-1)27(22-9-5-2-6-10-22)25-19-13-11-17(15-19)23(25)24-18-12-14-20(16-18)26(24)27/h1-10,17-20,23-26H,11-16H2/t17-,18-,19+,20+,23-,24-,25-,26-/m1/s1. The van der Waals surface area contributed by atoms with Crippen LogP contribution >= 0.6 is 0 Å². The highest BCUT2D eigenvalue weighted by Gasteiger charge is 2.74. The Kier molecular flexibility index (Phi) is 3.10. The molecule has 1 heteroatoms. The van der Waals surface area contributed by atoms with Crippen molar-refractivity contribution in [3.8, 4) is 0 Å². The van der Waals surface area contributed by atoms with Crippen molar-refractivity contribution in [2.24, 2.45) is 35.5 Å². The Labute approximate surface area is 164 Å².